The van der Waals surface area contributed by atoms with Gasteiger partial charge in [-0.25, -0.2) is 5.32 Å². The molecule has 0 aromatic carbocycles. The molecule has 0 atom stereocenters. The molecule has 0 aromatic heterocycles. The minimum atomic E-state index is -0.0584. The third-order valence-corrected chi connectivity index (χ3v) is 4.25. The van der Waals surface area contributed by atoms with Gasteiger partial charge in [0.05, 0.1) is 0 Å². The Hall–Kier alpha value is -1.08. The van der Waals surface area contributed by atoms with Gasteiger partial charge in [0.15, 0.2) is 0 Å². The zero-order valence-electron chi connectivity index (χ0n) is 11.5. The van der Waals surface area contributed by atoms with Crippen molar-refractivity contribution in [1.82, 2.24) is 5.32 Å². The molecule has 0 bridgehead atoms. The summed E-state index contributed by atoms with van der Waals surface area (Å²) in [7, 11) is 0. The second-order valence-corrected chi connectivity index (χ2v) is 5.27. The third kappa shape index (κ3) is 2.67. The van der Waals surface area contributed by atoms with Crippen LogP contribution in [0.4, 0.5) is 0 Å². The molecule has 1 fully saturated rings. The zero-order valence-corrected chi connectivity index (χ0v) is 11.5. The maximum Gasteiger partial charge on any atom is 0.0487 e. The molecule has 0 spiro atoms. The highest BCUT2D eigenvalue weighted by Gasteiger charge is 2.50. The second-order valence-electron chi connectivity index (χ2n) is 5.27. The maximum atomic E-state index is 4.99. The van der Waals surface area contributed by atoms with E-state index >= 15 is 0 Å². The van der Waals surface area contributed by atoms with E-state index in [1.54, 1.807) is 0 Å². The summed E-state index contributed by atoms with van der Waals surface area (Å²) in [5.41, 5.74) is 0.0915. The predicted molar refractivity (Wildman–Crippen MR) is 80.7 cm³/mol. The number of rotatable bonds is 8. The second kappa shape index (κ2) is 6.75. The van der Waals surface area contributed by atoms with Crippen LogP contribution in [0.3, 0.4) is 0 Å². The van der Waals surface area contributed by atoms with Crippen molar-refractivity contribution in [2.24, 2.45) is 5.41 Å². The van der Waals surface area contributed by atoms with Gasteiger partial charge in [-0.1, -0.05) is 24.3 Å². The molecule has 0 aliphatic carbocycles. The number of piperidine rings is 1. The van der Waals surface area contributed by atoms with E-state index in [0.717, 1.165) is 38.6 Å². The minimum Gasteiger partial charge on any atom is -0.234 e. The zero-order chi connectivity index (χ0) is 13.5. The van der Waals surface area contributed by atoms with Gasteiger partial charge in [-0.2, -0.15) is 0 Å². The van der Waals surface area contributed by atoms with Crippen molar-refractivity contribution < 1.29 is 0 Å². The fraction of sp³-hybridized carbons (Fsp3) is 0.529. The van der Waals surface area contributed by atoms with Gasteiger partial charge in [-0.3, -0.25) is 0 Å². The fourth-order valence-electron chi connectivity index (χ4n) is 3.45. The van der Waals surface area contributed by atoms with E-state index in [1.165, 1.54) is 6.42 Å². The van der Waals surface area contributed by atoms with E-state index in [2.05, 4.69) is 26.3 Å². The molecule has 1 heteroatoms. The molecule has 99 valence electrons. The number of nitrogens with zero attached hydrogens (tertiary/aromatic N) is 1. The first-order valence-corrected chi connectivity index (χ1v) is 6.82. The first-order valence-electron chi connectivity index (χ1n) is 6.82. The summed E-state index contributed by atoms with van der Waals surface area (Å²) in [6, 6.07) is 0. The van der Waals surface area contributed by atoms with Gasteiger partial charge in [0.1, 0.15) is 0 Å². The lowest BCUT2D eigenvalue weighted by Gasteiger charge is -2.53. The Morgan fingerprint density at radius 1 is 0.833 bits per heavy atom. The highest BCUT2D eigenvalue weighted by atomic mass is 15.0. The Kier molecular flexibility index (Phi) is 5.61. The first-order chi connectivity index (χ1) is 8.70. The van der Waals surface area contributed by atoms with Crippen LogP contribution in [0.2, 0.25) is 0 Å². The molecule has 0 aromatic rings. The van der Waals surface area contributed by atoms with Crippen LogP contribution in [0.5, 0.6) is 0 Å². The quantitative estimate of drug-likeness (QED) is 0.561. The molecule has 1 aliphatic rings. The van der Waals surface area contributed by atoms with Crippen LogP contribution in [0.1, 0.15) is 38.5 Å². The molecule has 0 unspecified atom stereocenters. The highest BCUT2D eigenvalue weighted by molar-refractivity contribution is 5.14. The Morgan fingerprint density at radius 3 is 1.78 bits per heavy atom. The molecule has 0 saturated carbocycles. The third-order valence-electron chi connectivity index (χ3n) is 4.25. The molecule has 18 heavy (non-hydrogen) atoms. The van der Waals surface area contributed by atoms with E-state index in [-0.39, 0.29) is 11.0 Å². The van der Waals surface area contributed by atoms with Crippen LogP contribution in [-0.4, -0.2) is 12.1 Å². The van der Waals surface area contributed by atoms with Crippen molar-refractivity contribution in [2.45, 2.75) is 44.1 Å². The van der Waals surface area contributed by atoms with Gasteiger partial charge >= 0.3 is 0 Å². The summed E-state index contributed by atoms with van der Waals surface area (Å²) < 4.78 is 0. The van der Waals surface area contributed by atoms with Crippen molar-refractivity contribution in [3.05, 3.63) is 50.6 Å². The summed E-state index contributed by atoms with van der Waals surface area (Å²) >= 11 is 0. The minimum absolute atomic E-state index is 0.0584. The standard InChI is InChI=1S/C17H26N/c1-5-10-16(11-6-2)14-9-15-18-17(16,12-7-3)13-8-4/h5-8H,1-4,9-15H2. The molecule has 1 saturated heterocycles. The first kappa shape index (κ1) is 15.0. The largest absolute Gasteiger partial charge is 0.234 e. The van der Waals surface area contributed by atoms with Gasteiger partial charge in [0.2, 0.25) is 0 Å². The van der Waals surface area contributed by atoms with Crippen molar-refractivity contribution >= 4 is 0 Å². The summed E-state index contributed by atoms with van der Waals surface area (Å²) in [6.45, 7) is 16.7. The van der Waals surface area contributed by atoms with Gasteiger partial charge in [-0.15, -0.1) is 26.3 Å². The smallest absolute Gasteiger partial charge is 0.0487 e. The number of hydrogen-bond donors (Lipinski definition) is 0. The molecule has 1 radical (unpaired) electrons. The van der Waals surface area contributed by atoms with Crippen LogP contribution < -0.4 is 5.32 Å². The van der Waals surface area contributed by atoms with Crippen molar-refractivity contribution in [1.29, 1.82) is 0 Å². The van der Waals surface area contributed by atoms with Crippen LogP contribution in [0.15, 0.2) is 50.6 Å². The Labute approximate surface area is 112 Å². The normalized spacial score (nSPS) is 20.9. The summed E-state index contributed by atoms with van der Waals surface area (Å²) in [4.78, 5) is 0. The predicted octanol–water partition coefficient (Wildman–Crippen LogP) is 4.41. The van der Waals surface area contributed by atoms with Gasteiger partial charge in [-0.05, 0) is 43.9 Å². The molecule has 1 aliphatic heterocycles. The Balaban J connectivity index is 3.17. The molecular weight excluding hydrogens is 218 g/mol. The summed E-state index contributed by atoms with van der Waals surface area (Å²) in [5, 5.41) is 4.99. The number of hydrogen-bond acceptors (Lipinski definition) is 0. The SMILES string of the molecule is C=CCC1(CC=C)CCC[N]C1(CC=C)CC=C. The van der Waals surface area contributed by atoms with Gasteiger partial charge in [0.25, 0.3) is 0 Å². The molecule has 0 amide bonds. The molecule has 1 rings (SSSR count). The van der Waals surface area contributed by atoms with E-state index in [4.69, 9.17) is 5.32 Å². The van der Waals surface area contributed by atoms with Crippen LogP contribution >= 0.6 is 0 Å². The van der Waals surface area contributed by atoms with Gasteiger partial charge < -0.3 is 0 Å². The Morgan fingerprint density at radius 2 is 1.33 bits per heavy atom. The average molecular weight is 244 g/mol. The molecule has 1 nitrogen and oxygen atoms in total. The van der Waals surface area contributed by atoms with Crippen LogP contribution in [-0.2, 0) is 0 Å². The van der Waals surface area contributed by atoms with E-state index in [1.807, 2.05) is 24.3 Å². The van der Waals surface area contributed by atoms with Crippen molar-refractivity contribution in [2.75, 3.05) is 6.54 Å². The topological polar surface area (TPSA) is 14.1 Å². The summed E-state index contributed by atoms with van der Waals surface area (Å²) in [5.74, 6) is 0. The summed E-state index contributed by atoms with van der Waals surface area (Å²) in [6.07, 6.45) is 14.2. The molecule has 0 N–H and O–H groups in total. The van der Waals surface area contributed by atoms with E-state index in [0.29, 0.717) is 0 Å². The van der Waals surface area contributed by atoms with Crippen LogP contribution in [0, 0.1) is 5.41 Å². The van der Waals surface area contributed by atoms with Crippen molar-refractivity contribution in [3.63, 3.8) is 0 Å². The van der Waals surface area contributed by atoms with Crippen LogP contribution in [0.25, 0.3) is 0 Å². The van der Waals surface area contributed by atoms with E-state index in [9.17, 15) is 0 Å². The van der Waals surface area contributed by atoms with E-state index < -0.39 is 0 Å². The highest BCUT2D eigenvalue weighted by Crippen LogP contribution is 2.50. The van der Waals surface area contributed by atoms with Gasteiger partial charge in [0, 0.05) is 12.1 Å². The molecular formula is C17H26N. The lowest BCUT2D eigenvalue weighted by atomic mass is 9.58. The number of allylic oxidation sites excluding steroid dienone is 2. The monoisotopic (exact) mass is 244 g/mol. The van der Waals surface area contributed by atoms with Crippen molar-refractivity contribution in [3.8, 4) is 0 Å². The molecule has 1 heterocycles. The lowest BCUT2D eigenvalue weighted by Crippen LogP contribution is -2.57. The maximum absolute atomic E-state index is 4.99. The lowest BCUT2D eigenvalue weighted by molar-refractivity contribution is 0.0417. The average Bonchev–Trinajstić information content (AvgIpc) is 2.34. The Bertz CT molecular complexity index is 262. The fourth-order valence-corrected chi connectivity index (χ4v) is 3.45.